The van der Waals surface area contributed by atoms with Crippen LogP contribution in [0.25, 0.3) is 0 Å². The van der Waals surface area contributed by atoms with Crippen LogP contribution in [0.3, 0.4) is 0 Å². The van der Waals surface area contributed by atoms with Gasteiger partial charge in [0.15, 0.2) is 10.9 Å². The first-order valence-corrected chi connectivity index (χ1v) is 8.82. The van der Waals surface area contributed by atoms with E-state index in [-0.39, 0.29) is 0 Å². The minimum atomic E-state index is -1.04. The summed E-state index contributed by atoms with van der Waals surface area (Å²) in [6, 6.07) is 11.3. The molecule has 1 aliphatic heterocycles. The molecule has 1 atom stereocenters. The van der Waals surface area contributed by atoms with E-state index in [1.807, 2.05) is 36.1 Å². The van der Waals surface area contributed by atoms with Crippen molar-refractivity contribution in [2.45, 2.75) is 19.2 Å². The Morgan fingerprint density at radius 3 is 2.61 bits per heavy atom. The van der Waals surface area contributed by atoms with Gasteiger partial charge >= 0.3 is 0 Å². The van der Waals surface area contributed by atoms with Crippen molar-refractivity contribution in [1.82, 2.24) is 9.88 Å². The van der Waals surface area contributed by atoms with E-state index in [4.69, 9.17) is 11.6 Å². The molecule has 1 saturated heterocycles. The van der Waals surface area contributed by atoms with Gasteiger partial charge in [-0.1, -0.05) is 35.5 Å². The summed E-state index contributed by atoms with van der Waals surface area (Å²) < 4.78 is 0. The summed E-state index contributed by atoms with van der Waals surface area (Å²) in [6.07, 6.45) is 3.53. The number of amidine groups is 1. The zero-order valence-electron chi connectivity index (χ0n) is 12.8. The van der Waals surface area contributed by atoms with Crippen molar-refractivity contribution in [3.05, 3.63) is 64.9 Å². The first-order chi connectivity index (χ1) is 11.1. The molecular formula is C17H18ClN3OS. The summed E-state index contributed by atoms with van der Waals surface area (Å²) in [4.78, 5) is 10.6. The third kappa shape index (κ3) is 3.37. The number of hydrogen-bond donors (Lipinski definition) is 1. The summed E-state index contributed by atoms with van der Waals surface area (Å²) in [6.45, 7) is 3.29. The van der Waals surface area contributed by atoms with E-state index in [0.717, 1.165) is 16.3 Å². The van der Waals surface area contributed by atoms with E-state index in [1.54, 1.807) is 36.3 Å². The van der Waals surface area contributed by atoms with Crippen LogP contribution in [0.5, 0.6) is 0 Å². The number of rotatable bonds is 4. The molecule has 6 heteroatoms. The highest BCUT2D eigenvalue weighted by molar-refractivity contribution is 8.14. The summed E-state index contributed by atoms with van der Waals surface area (Å²) in [7, 11) is 0. The molecule has 1 aromatic heterocycles. The largest absolute Gasteiger partial charge is 0.366 e. The molecule has 0 spiro atoms. The smallest absolute Gasteiger partial charge is 0.175 e. The quantitative estimate of drug-likeness (QED) is 0.919. The number of benzene rings is 1. The van der Waals surface area contributed by atoms with Crippen LogP contribution in [-0.2, 0) is 12.3 Å². The number of aromatic nitrogens is 1. The number of halogens is 1. The van der Waals surface area contributed by atoms with Crippen molar-refractivity contribution >= 4 is 28.5 Å². The second kappa shape index (κ2) is 6.91. The van der Waals surface area contributed by atoms with Crippen LogP contribution in [0, 0.1) is 0 Å². The Morgan fingerprint density at radius 1 is 1.26 bits per heavy atom. The van der Waals surface area contributed by atoms with Gasteiger partial charge in [0, 0.05) is 29.5 Å². The monoisotopic (exact) mass is 347 g/mol. The highest BCUT2D eigenvalue weighted by Crippen LogP contribution is 2.39. The predicted octanol–water partition coefficient (Wildman–Crippen LogP) is 3.51. The summed E-state index contributed by atoms with van der Waals surface area (Å²) in [5.74, 6) is 0.553. The molecule has 0 radical (unpaired) electrons. The lowest BCUT2D eigenvalue weighted by Gasteiger charge is -2.33. The maximum absolute atomic E-state index is 11.2. The first kappa shape index (κ1) is 16.3. The van der Waals surface area contributed by atoms with Gasteiger partial charge in [-0.3, -0.25) is 9.98 Å². The molecule has 2 aromatic rings. The lowest BCUT2D eigenvalue weighted by Crippen LogP contribution is -2.44. The molecular weight excluding hydrogens is 330 g/mol. The number of nitrogens with zero attached hydrogens (tertiary/aromatic N) is 3. The maximum atomic E-state index is 11.2. The summed E-state index contributed by atoms with van der Waals surface area (Å²) >= 11 is 7.53. The Bertz CT molecular complexity index is 693. The van der Waals surface area contributed by atoms with Crippen LogP contribution in [0.15, 0.2) is 53.8 Å². The van der Waals surface area contributed by atoms with Gasteiger partial charge in [0.25, 0.3) is 0 Å². The highest BCUT2D eigenvalue weighted by atomic mass is 35.5. The van der Waals surface area contributed by atoms with Crippen LogP contribution in [0.2, 0.25) is 5.02 Å². The van der Waals surface area contributed by atoms with Gasteiger partial charge in [-0.05, 0) is 36.8 Å². The molecule has 0 amide bonds. The molecule has 120 valence electrons. The van der Waals surface area contributed by atoms with Crippen LogP contribution in [0.1, 0.15) is 18.1 Å². The highest BCUT2D eigenvalue weighted by Gasteiger charge is 2.43. The Labute approximate surface area is 145 Å². The van der Waals surface area contributed by atoms with Gasteiger partial charge in [-0.25, -0.2) is 0 Å². The van der Waals surface area contributed by atoms with E-state index in [2.05, 4.69) is 9.98 Å². The van der Waals surface area contributed by atoms with E-state index < -0.39 is 5.72 Å². The van der Waals surface area contributed by atoms with Gasteiger partial charge in [0.05, 0.1) is 12.3 Å². The van der Waals surface area contributed by atoms with Crippen molar-refractivity contribution in [2.75, 3.05) is 12.3 Å². The van der Waals surface area contributed by atoms with Crippen LogP contribution in [0.4, 0.5) is 0 Å². The lowest BCUT2D eigenvalue weighted by molar-refractivity contribution is -0.0453. The number of thioether (sulfide) groups is 1. The summed E-state index contributed by atoms with van der Waals surface area (Å²) in [5.41, 5.74) is 0.901. The minimum absolute atomic E-state index is 0.553. The second-order valence-electron chi connectivity index (χ2n) is 5.31. The molecule has 0 saturated carbocycles. The molecule has 4 nitrogen and oxygen atoms in total. The average molecular weight is 348 g/mol. The van der Waals surface area contributed by atoms with Gasteiger partial charge in [-0.2, -0.15) is 0 Å². The van der Waals surface area contributed by atoms with Crippen molar-refractivity contribution in [2.24, 2.45) is 4.99 Å². The van der Waals surface area contributed by atoms with Gasteiger partial charge in [0.2, 0.25) is 0 Å². The zero-order chi connectivity index (χ0) is 16.3. The molecule has 0 unspecified atom stereocenters. The third-order valence-electron chi connectivity index (χ3n) is 3.85. The van der Waals surface area contributed by atoms with Crippen molar-refractivity contribution in [3.63, 3.8) is 0 Å². The molecule has 0 aliphatic carbocycles. The average Bonchev–Trinajstić information content (AvgIpc) is 2.91. The Hall–Kier alpha value is -1.56. The first-order valence-electron chi connectivity index (χ1n) is 7.45. The van der Waals surface area contributed by atoms with Gasteiger partial charge in [-0.15, -0.1) is 0 Å². The van der Waals surface area contributed by atoms with E-state index >= 15 is 0 Å². The predicted molar refractivity (Wildman–Crippen MR) is 95.6 cm³/mol. The molecule has 1 fully saturated rings. The second-order valence-corrected chi connectivity index (χ2v) is 6.69. The van der Waals surface area contributed by atoms with Crippen LogP contribution >= 0.6 is 23.4 Å². The zero-order valence-corrected chi connectivity index (χ0v) is 14.4. The molecule has 1 aliphatic rings. The van der Waals surface area contributed by atoms with Gasteiger partial charge in [0.1, 0.15) is 0 Å². The molecule has 3 rings (SSSR count). The van der Waals surface area contributed by atoms with Crippen molar-refractivity contribution < 1.29 is 5.11 Å². The molecule has 1 N–H and O–H groups in total. The standard InChI is InChI=1S/C17H18ClN3OS/c1-2-21-16(20-11-13-7-9-19-10-8-13)23-12-17(21,22)14-3-5-15(18)6-4-14/h3-10,22H,2,11-12H2,1H3/t17-/m0/s1. The topological polar surface area (TPSA) is 48.7 Å². The number of aliphatic imine (C=N–C) groups is 1. The molecule has 1 aromatic carbocycles. The van der Waals surface area contributed by atoms with Crippen LogP contribution in [-0.4, -0.2) is 32.5 Å². The Balaban J connectivity index is 1.83. The fourth-order valence-corrected chi connectivity index (χ4v) is 3.98. The van der Waals surface area contributed by atoms with E-state index in [1.165, 1.54) is 0 Å². The fraction of sp³-hybridized carbons (Fsp3) is 0.294. The molecule has 2 heterocycles. The SMILES string of the molecule is CCN1C(=NCc2ccncc2)SC[C@]1(O)c1ccc(Cl)cc1. The van der Waals surface area contributed by atoms with Crippen molar-refractivity contribution in [3.8, 4) is 0 Å². The normalized spacial score (nSPS) is 22.7. The number of pyridine rings is 1. The number of aliphatic hydroxyl groups is 1. The van der Waals surface area contributed by atoms with Crippen LogP contribution < -0.4 is 0 Å². The lowest BCUT2D eigenvalue weighted by atomic mass is 10.0. The van der Waals surface area contributed by atoms with E-state index in [0.29, 0.717) is 23.9 Å². The molecule has 0 bridgehead atoms. The third-order valence-corrected chi connectivity index (χ3v) is 5.26. The number of hydrogen-bond acceptors (Lipinski definition) is 4. The summed E-state index contributed by atoms with van der Waals surface area (Å²) in [5, 5.41) is 12.7. The van der Waals surface area contributed by atoms with Crippen molar-refractivity contribution in [1.29, 1.82) is 0 Å². The Morgan fingerprint density at radius 2 is 1.96 bits per heavy atom. The molecule has 23 heavy (non-hydrogen) atoms. The minimum Gasteiger partial charge on any atom is -0.366 e. The maximum Gasteiger partial charge on any atom is 0.175 e. The fourth-order valence-electron chi connectivity index (χ4n) is 2.61. The Kier molecular flexibility index (Phi) is 4.90. The van der Waals surface area contributed by atoms with Gasteiger partial charge < -0.3 is 10.0 Å². The van der Waals surface area contributed by atoms with E-state index in [9.17, 15) is 5.11 Å².